The molecule has 1 N–H and O–H groups in total. The van der Waals surface area contributed by atoms with Gasteiger partial charge in [-0.15, -0.1) is 11.3 Å². The molecular weight excluding hydrogens is 550 g/mol. The monoisotopic (exact) mass is 589 g/mol. The number of nitrogens with zero attached hydrogens (tertiary/aromatic N) is 3. The highest BCUT2D eigenvalue weighted by molar-refractivity contribution is 7.19. The number of benzene rings is 2. The predicted molar refractivity (Wildman–Crippen MR) is 168 cm³/mol. The fourth-order valence-electron chi connectivity index (χ4n) is 6.15. The molecule has 0 bridgehead atoms. The third-order valence-corrected chi connectivity index (χ3v) is 9.25. The Balaban J connectivity index is 1.48. The Hall–Kier alpha value is -3.82. The molecule has 2 unspecified atom stereocenters. The fourth-order valence-corrected chi connectivity index (χ4v) is 7.35. The van der Waals surface area contributed by atoms with Crippen molar-refractivity contribution < 1.29 is 19.4 Å². The van der Waals surface area contributed by atoms with E-state index in [0.29, 0.717) is 43.1 Å². The van der Waals surface area contributed by atoms with Crippen molar-refractivity contribution in [2.75, 3.05) is 20.2 Å². The van der Waals surface area contributed by atoms with E-state index in [1.807, 2.05) is 60.8 Å². The number of methoxy groups -OCH3 is 1. The number of rotatable bonds is 7. The molecule has 0 aliphatic carbocycles. The third-order valence-electron chi connectivity index (χ3n) is 8.10. The maximum Gasteiger partial charge on any atom is 0.407 e. The summed E-state index contributed by atoms with van der Waals surface area (Å²) in [7, 11) is 3.40. The molecule has 3 heterocycles. The Kier molecular flexibility index (Phi) is 8.35. The lowest BCUT2D eigenvalue weighted by atomic mass is 9.80. The van der Waals surface area contributed by atoms with Gasteiger partial charge in [-0.05, 0) is 41.7 Å². The van der Waals surface area contributed by atoms with Crippen molar-refractivity contribution in [2.24, 2.45) is 12.5 Å². The largest absolute Gasteiger partial charge is 0.493 e. The molecule has 1 amide bonds. The van der Waals surface area contributed by atoms with E-state index in [0.717, 1.165) is 26.3 Å². The van der Waals surface area contributed by atoms with Crippen LogP contribution in [-0.2, 0) is 20.2 Å². The highest BCUT2D eigenvalue weighted by Gasteiger charge is 2.43. The maximum atomic E-state index is 13.2. The number of amides is 1. The van der Waals surface area contributed by atoms with Crippen LogP contribution in [0.15, 0.2) is 65.6 Å². The number of carbonyl (C=O) groups is 1. The van der Waals surface area contributed by atoms with Gasteiger partial charge in [-0.3, -0.25) is 9.69 Å². The molecule has 2 aromatic carbocycles. The standard InChI is InChI=1S/C33H39N3O5S/c1-21-30(33(2,3)4)36(32(38)39)15-14-35(21)18-24-17-25-29(42-24)26(19-34(5)31(25)37)23-12-13-27(40-6)28(16-23)41-20-22-10-8-7-9-11-22/h7-13,16-17,19,21,30H,14-15,18,20H2,1-6H3,(H,38,39). The number of ether oxygens (including phenoxy) is 2. The van der Waals surface area contributed by atoms with Crippen molar-refractivity contribution in [3.05, 3.63) is 81.6 Å². The number of aryl methyl sites for hydroxylation is 1. The minimum absolute atomic E-state index is 0.0216. The second-order valence-corrected chi connectivity index (χ2v) is 13.2. The Morgan fingerprint density at radius 3 is 2.48 bits per heavy atom. The van der Waals surface area contributed by atoms with Crippen LogP contribution in [0.2, 0.25) is 0 Å². The van der Waals surface area contributed by atoms with E-state index in [-0.39, 0.29) is 23.1 Å². The minimum Gasteiger partial charge on any atom is -0.493 e. The smallest absolute Gasteiger partial charge is 0.407 e. The van der Waals surface area contributed by atoms with Gasteiger partial charge in [0.25, 0.3) is 5.56 Å². The van der Waals surface area contributed by atoms with Crippen LogP contribution in [0.25, 0.3) is 21.2 Å². The van der Waals surface area contributed by atoms with Crippen molar-refractivity contribution in [1.82, 2.24) is 14.4 Å². The lowest BCUT2D eigenvalue weighted by Gasteiger charge is -2.50. The van der Waals surface area contributed by atoms with Gasteiger partial charge in [0.1, 0.15) is 6.61 Å². The molecule has 2 atom stereocenters. The fraction of sp³-hybridized carbons (Fsp3) is 0.394. The zero-order chi connectivity index (χ0) is 30.2. The Bertz CT molecular complexity index is 1640. The highest BCUT2D eigenvalue weighted by atomic mass is 32.1. The molecule has 8 nitrogen and oxygen atoms in total. The van der Waals surface area contributed by atoms with E-state index in [4.69, 9.17) is 9.47 Å². The maximum absolute atomic E-state index is 13.2. The van der Waals surface area contributed by atoms with Gasteiger partial charge in [0.2, 0.25) is 0 Å². The molecular formula is C33H39N3O5S. The molecule has 4 aromatic rings. The summed E-state index contributed by atoms with van der Waals surface area (Å²) in [6.07, 6.45) is 1.01. The summed E-state index contributed by atoms with van der Waals surface area (Å²) >= 11 is 1.62. The first kappa shape index (κ1) is 29.7. The van der Waals surface area contributed by atoms with Crippen molar-refractivity contribution >= 4 is 27.5 Å². The number of thiophene rings is 1. The SMILES string of the molecule is COc1ccc(-c2cn(C)c(=O)c3cc(CN4CCN(C(=O)O)C(C(C)(C)C)C4C)sc23)cc1OCc1ccccc1. The Morgan fingerprint density at radius 2 is 1.81 bits per heavy atom. The summed E-state index contributed by atoms with van der Waals surface area (Å²) in [5, 5.41) is 10.5. The molecule has 42 heavy (non-hydrogen) atoms. The van der Waals surface area contributed by atoms with Crippen LogP contribution in [0, 0.1) is 5.41 Å². The van der Waals surface area contributed by atoms with Crippen molar-refractivity contribution in [1.29, 1.82) is 0 Å². The van der Waals surface area contributed by atoms with Gasteiger partial charge >= 0.3 is 6.09 Å². The molecule has 1 saturated heterocycles. The average molecular weight is 590 g/mol. The molecule has 2 aromatic heterocycles. The minimum atomic E-state index is -0.872. The number of fused-ring (bicyclic) bond motifs is 1. The zero-order valence-corrected chi connectivity index (χ0v) is 25.9. The van der Waals surface area contributed by atoms with E-state index in [9.17, 15) is 14.7 Å². The van der Waals surface area contributed by atoms with E-state index >= 15 is 0 Å². The quantitative estimate of drug-likeness (QED) is 0.267. The average Bonchev–Trinajstić information content (AvgIpc) is 3.38. The number of hydrogen-bond acceptors (Lipinski definition) is 6. The van der Waals surface area contributed by atoms with Gasteiger partial charge in [0.15, 0.2) is 11.5 Å². The first-order chi connectivity index (χ1) is 20.0. The lowest BCUT2D eigenvalue weighted by molar-refractivity contribution is -0.0178. The summed E-state index contributed by atoms with van der Waals surface area (Å²) < 4.78 is 14.3. The molecule has 1 aliphatic rings. The van der Waals surface area contributed by atoms with Crippen LogP contribution in [0.4, 0.5) is 4.79 Å². The molecule has 222 valence electrons. The Morgan fingerprint density at radius 1 is 1.07 bits per heavy atom. The van der Waals surface area contributed by atoms with E-state index in [1.165, 1.54) is 0 Å². The zero-order valence-electron chi connectivity index (χ0n) is 25.1. The second-order valence-electron chi connectivity index (χ2n) is 12.1. The van der Waals surface area contributed by atoms with E-state index < -0.39 is 6.09 Å². The summed E-state index contributed by atoms with van der Waals surface area (Å²) in [6.45, 7) is 10.5. The molecule has 0 saturated carbocycles. The van der Waals surface area contributed by atoms with Gasteiger partial charge in [0.05, 0.1) is 18.5 Å². The summed E-state index contributed by atoms with van der Waals surface area (Å²) in [6, 6.07) is 17.7. The summed E-state index contributed by atoms with van der Waals surface area (Å²) in [5.74, 6) is 1.28. The predicted octanol–water partition coefficient (Wildman–Crippen LogP) is 6.45. The van der Waals surface area contributed by atoms with Crippen LogP contribution in [0.3, 0.4) is 0 Å². The molecule has 9 heteroatoms. The van der Waals surface area contributed by atoms with Crippen LogP contribution in [-0.4, -0.2) is 57.8 Å². The lowest BCUT2D eigenvalue weighted by Crippen LogP contribution is -2.63. The van der Waals surface area contributed by atoms with Crippen LogP contribution in [0.1, 0.15) is 38.1 Å². The van der Waals surface area contributed by atoms with E-state index in [1.54, 1.807) is 35.0 Å². The first-order valence-corrected chi connectivity index (χ1v) is 15.0. The van der Waals surface area contributed by atoms with Crippen LogP contribution in [0.5, 0.6) is 11.5 Å². The van der Waals surface area contributed by atoms with E-state index in [2.05, 4.69) is 32.6 Å². The third kappa shape index (κ3) is 5.89. The number of aromatic nitrogens is 1. The van der Waals surface area contributed by atoms with Crippen molar-refractivity contribution in [2.45, 2.75) is 52.9 Å². The van der Waals surface area contributed by atoms with Crippen LogP contribution < -0.4 is 15.0 Å². The Labute approximate surface area is 250 Å². The number of carboxylic acid groups (broad SMARTS) is 1. The molecule has 1 fully saturated rings. The number of hydrogen-bond donors (Lipinski definition) is 1. The van der Waals surface area contributed by atoms with Crippen LogP contribution >= 0.6 is 11.3 Å². The first-order valence-electron chi connectivity index (χ1n) is 14.2. The second kappa shape index (κ2) is 11.8. The van der Waals surface area contributed by atoms with Gasteiger partial charge in [-0.1, -0.05) is 57.2 Å². The normalized spacial score (nSPS) is 17.9. The number of pyridine rings is 1. The van der Waals surface area contributed by atoms with Crippen molar-refractivity contribution in [3.8, 4) is 22.6 Å². The van der Waals surface area contributed by atoms with Gasteiger partial charge < -0.3 is 24.0 Å². The van der Waals surface area contributed by atoms with Gasteiger partial charge in [0, 0.05) is 54.1 Å². The van der Waals surface area contributed by atoms with Gasteiger partial charge in [-0.2, -0.15) is 0 Å². The molecule has 0 spiro atoms. The molecule has 0 radical (unpaired) electrons. The highest BCUT2D eigenvalue weighted by Crippen LogP contribution is 2.39. The summed E-state index contributed by atoms with van der Waals surface area (Å²) in [5.41, 5.74) is 2.69. The topological polar surface area (TPSA) is 84.2 Å². The molecule has 5 rings (SSSR count). The number of piperazine rings is 1. The molecule has 1 aliphatic heterocycles. The van der Waals surface area contributed by atoms with Gasteiger partial charge in [-0.25, -0.2) is 4.79 Å². The van der Waals surface area contributed by atoms with Crippen molar-refractivity contribution in [3.63, 3.8) is 0 Å². The summed E-state index contributed by atoms with van der Waals surface area (Å²) in [4.78, 5) is 30.3.